The summed E-state index contributed by atoms with van der Waals surface area (Å²) in [6, 6.07) is 4.59. The summed E-state index contributed by atoms with van der Waals surface area (Å²) in [6.45, 7) is 2.32. The first-order valence-corrected chi connectivity index (χ1v) is 4.90. The molecule has 3 heteroatoms. The lowest BCUT2D eigenvalue weighted by Crippen LogP contribution is -2.02. The minimum Gasteiger partial charge on any atom is -0.380 e. The smallest absolute Gasteiger partial charge is 0.123 e. The van der Waals surface area contributed by atoms with Crippen molar-refractivity contribution in [2.24, 2.45) is 0 Å². The molecule has 0 heterocycles. The van der Waals surface area contributed by atoms with Crippen molar-refractivity contribution in [2.75, 3.05) is 7.11 Å². The molecule has 0 amide bonds. The summed E-state index contributed by atoms with van der Waals surface area (Å²) in [4.78, 5) is 10.4. The Labute approximate surface area is 89.1 Å². The summed E-state index contributed by atoms with van der Waals surface area (Å²) < 4.78 is 18.0. The topological polar surface area (TPSA) is 26.3 Å². The molecule has 0 radical (unpaired) electrons. The highest BCUT2D eigenvalue weighted by atomic mass is 19.1. The Kier molecular flexibility index (Phi) is 4.43. The van der Waals surface area contributed by atoms with Gasteiger partial charge in [-0.25, -0.2) is 4.39 Å². The molecule has 82 valence electrons. The molecule has 1 unspecified atom stereocenters. The molecular weight excluding hydrogens is 195 g/mol. The number of carbonyl (C=O) groups is 1. The fourth-order valence-corrected chi connectivity index (χ4v) is 1.61. The Hall–Kier alpha value is -1.22. The van der Waals surface area contributed by atoms with Gasteiger partial charge in [0, 0.05) is 13.5 Å². The van der Waals surface area contributed by atoms with Gasteiger partial charge in [0.15, 0.2) is 0 Å². The van der Waals surface area contributed by atoms with Gasteiger partial charge in [0.25, 0.3) is 0 Å². The van der Waals surface area contributed by atoms with Crippen LogP contribution in [0.4, 0.5) is 4.39 Å². The van der Waals surface area contributed by atoms with Crippen molar-refractivity contribution in [2.45, 2.75) is 25.9 Å². The second-order valence-corrected chi connectivity index (χ2v) is 3.58. The van der Waals surface area contributed by atoms with E-state index in [9.17, 15) is 9.18 Å². The van der Waals surface area contributed by atoms with Crippen LogP contribution in [0.5, 0.6) is 0 Å². The molecule has 1 aromatic rings. The molecule has 0 fully saturated rings. The maximum Gasteiger partial charge on any atom is 0.123 e. The van der Waals surface area contributed by atoms with E-state index in [1.165, 1.54) is 12.1 Å². The van der Waals surface area contributed by atoms with Crippen molar-refractivity contribution in [1.29, 1.82) is 0 Å². The van der Waals surface area contributed by atoms with E-state index < -0.39 is 0 Å². The van der Waals surface area contributed by atoms with Crippen molar-refractivity contribution in [3.8, 4) is 0 Å². The molecule has 15 heavy (non-hydrogen) atoms. The molecule has 0 N–H and O–H groups in total. The summed E-state index contributed by atoms with van der Waals surface area (Å²) in [5.41, 5.74) is 1.79. The van der Waals surface area contributed by atoms with Crippen LogP contribution in [0.15, 0.2) is 18.2 Å². The SMILES string of the molecule is COCc1cc(F)ccc1C(C)CC=O. The van der Waals surface area contributed by atoms with Gasteiger partial charge in [0.1, 0.15) is 12.1 Å². The van der Waals surface area contributed by atoms with Crippen LogP contribution in [0.25, 0.3) is 0 Å². The first kappa shape index (κ1) is 11.9. The molecule has 0 saturated heterocycles. The van der Waals surface area contributed by atoms with Gasteiger partial charge in [-0.3, -0.25) is 0 Å². The van der Waals surface area contributed by atoms with Crippen LogP contribution >= 0.6 is 0 Å². The van der Waals surface area contributed by atoms with Crippen LogP contribution in [0.2, 0.25) is 0 Å². The molecule has 0 saturated carbocycles. The lowest BCUT2D eigenvalue weighted by Gasteiger charge is -2.13. The highest BCUT2D eigenvalue weighted by Crippen LogP contribution is 2.23. The van der Waals surface area contributed by atoms with Crippen LogP contribution in [0.3, 0.4) is 0 Å². The van der Waals surface area contributed by atoms with E-state index in [0.717, 1.165) is 17.4 Å². The Morgan fingerprint density at radius 1 is 1.53 bits per heavy atom. The van der Waals surface area contributed by atoms with Crippen molar-refractivity contribution < 1.29 is 13.9 Å². The van der Waals surface area contributed by atoms with Gasteiger partial charge in [-0.1, -0.05) is 13.0 Å². The van der Waals surface area contributed by atoms with Crippen molar-refractivity contribution in [1.82, 2.24) is 0 Å². The number of benzene rings is 1. The number of hydrogen-bond acceptors (Lipinski definition) is 2. The number of halogens is 1. The normalized spacial score (nSPS) is 12.5. The van der Waals surface area contributed by atoms with Gasteiger partial charge < -0.3 is 9.53 Å². The van der Waals surface area contributed by atoms with Gasteiger partial charge in [-0.15, -0.1) is 0 Å². The number of methoxy groups -OCH3 is 1. The highest BCUT2D eigenvalue weighted by Gasteiger charge is 2.10. The molecule has 1 atom stereocenters. The molecule has 1 aromatic carbocycles. The Bertz CT molecular complexity index is 336. The van der Waals surface area contributed by atoms with Gasteiger partial charge in [-0.05, 0) is 29.2 Å². The van der Waals surface area contributed by atoms with Crippen molar-refractivity contribution in [3.05, 3.63) is 35.1 Å². The maximum atomic E-state index is 13.0. The fraction of sp³-hybridized carbons (Fsp3) is 0.417. The van der Waals surface area contributed by atoms with E-state index in [-0.39, 0.29) is 11.7 Å². The predicted octanol–water partition coefficient (Wildman–Crippen LogP) is 2.66. The minimum absolute atomic E-state index is 0.105. The van der Waals surface area contributed by atoms with Crippen molar-refractivity contribution >= 4 is 6.29 Å². The van der Waals surface area contributed by atoms with Crippen molar-refractivity contribution in [3.63, 3.8) is 0 Å². The third-order valence-electron chi connectivity index (χ3n) is 2.39. The van der Waals surface area contributed by atoms with Crippen LogP contribution < -0.4 is 0 Å². The van der Waals surface area contributed by atoms with Gasteiger partial charge in [0.05, 0.1) is 6.61 Å². The van der Waals surface area contributed by atoms with Crippen LogP contribution in [-0.4, -0.2) is 13.4 Å². The molecule has 0 aromatic heterocycles. The third-order valence-corrected chi connectivity index (χ3v) is 2.39. The fourth-order valence-electron chi connectivity index (χ4n) is 1.61. The summed E-state index contributed by atoms with van der Waals surface area (Å²) in [5, 5.41) is 0. The van der Waals surface area contributed by atoms with E-state index in [1.54, 1.807) is 13.2 Å². The lowest BCUT2D eigenvalue weighted by molar-refractivity contribution is -0.108. The second kappa shape index (κ2) is 5.61. The number of rotatable bonds is 5. The van der Waals surface area contributed by atoms with E-state index in [4.69, 9.17) is 4.74 Å². The molecule has 2 nitrogen and oxygen atoms in total. The first-order chi connectivity index (χ1) is 7.19. The largest absolute Gasteiger partial charge is 0.380 e. The first-order valence-electron chi connectivity index (χ1n) is 4.90. The van der Waals surface area contributed by atoms with Crippen LogP contribution in [0, 0.1) is 5.82 Å². The Balaban J connectivity index is 2.98. The van der Waals surface area contributed by atoms with Crippen LogP contribution in [-0.2, 0) is 16.1 Å². The quantitative estimate of drug-likeness (QED) is 0.698. The molecule has 0 spiro atoms. The maximum absolute atomic E-state index is 13.0. The monoisotopic (exact) mass is 210 g/mol. The Morgan fingerprint density at radius 2 is 2.27 bits per heavy atom. The van der Waals surface area contributed by atoms with E-state index in [0.29, 0.717) is 13.0 Å². The zero-order chi connectivity index (χ0) is 11.3. The molecule has 0 aliphatic carbocycles. The Morgan fingerprint density at radius 3 is 2.87 bits per heavy atom. The second-order valence-electron chi connectivity index (χ2n) is 3.58. The number of carbonyl (C=O) groups excluding carboxylic acids is 1. The molecule has 1 rings (SSSR count). The van der Waals surface area contributed by atoms with E-state index >= 15 is 0 Å². The van der Waals surface area contributed by atoms with E-state index in [2.05, 4.69) is 0 Å². The van der Waals surface area contributed by atoms with Gasteiger partial charge in [0.2, 0.25) is 0 Å². The summed E-state index contributed by atoms with van der Waals surface area (Å²) in [5.74, 6) is -0.169. The highest BCUT2D eigenvalue weighted by molar-refractivity contribution is 5.52. The average molecular weight is 210 g/mol. The third kappa shape index (κ3) is 3.13. The zero-order valence-electron chi connectivity index (χ0n) is 9.00. The molecule has 0 aliphatic rings. The molecule has 0 aliphatic heterocycles. The minimum atomic E-state index is -0.274. The summed E-state index contributed by atoms with van der Waals surface area (Å²) in [6.07, 6.45) is 1.33. The van der Waals surface area contributed by atoms with E-state index in [1.807, 2.05) is 6.92 Å². The summed E-state index contributed by atoms with van der Waals surface area (Å²) in [7, 11) is 1.57. The zero-order valence-corrected chi connectivity index (χ0v) is 9.00. The molecule has 0 bridgehead atoms. The van der Waals surface area contributed by atoms with Crippen LogP contribution in [0.1, 0.15) is 30.4 Å². The van der Waals surface area contributed by atoms with Gasteiger partial charge in [-0.2, -0.15) is 0 Å². The standard InChI is InChI=1S/C12H15FO2/c1-9(5-6-14)12-4-3-11(13)7-10(12)8-15-2/h3-4,6-7,9H,5,8H2,1-2H3. The molecular formula is C12H15FO2. The average Bonchev–Trinajstić information content (AvgIpc) is 2.18. The lowest BCUT2D eigenvalue weighted by atomic mass is 9.94. The number of hydrogen-bond donors (Lipinski definition) is 0. The van der Waals surface area contributed by atoms with Gasteiger partial charge >= 0.3 is 0 Å². The predicted molar refractivity (Wildman–Crippen MR) is 56.2 cm³/mol. The number of aldehydes is 1. The number of ether oxygens (including phenoxy) is 1. The summed E-state index contributed by atoms with van der Waals surface area (Å²) >= 11 is 0.